The summed E-state index contributed by atoms with van der Waals surface area (Å²) in [6, 6.07) is 10.8. The summed E-state index contributed by atoms with van der Waals surface area (Å²) in [5.74, 6) is -0.114. The monoisotopic (exact) mass is 429 g/mol. The lowest BCUT2D eigenvalue weighted by Crippen LogP contribution is -2.38. The highest BCUT2D eigenvalue weighted by Gasteiger charge is 2.27. The Morgan fingerprint density at radius 2 is 1.93 bits per heavy atom. The van der Waals surface area contributed by atoms with Gasteiger partial charge in [0.25, 0.3) is 5.56 Å². The first-order chi connectivity index (χ1) is 14.4. The van der Waals surface area contributed by atoms with Crippen molar-refractivity contribution in [2.24, 2.45) is 0 Å². The lowest BCUT2D eigenvalue weighted by atomic mass is 10.1. The Labute approximate surface area is 180 Å². The van der Waals surface area contributed by atoms with Gasteiger partial charge in [-0.15, -0.1) is 0 Å². The number of nitrogens with zero attached hydrogens (tertiary/aromatic N) is 3. The molecule has 0 aliphatic carbocycles. The largest absolute Gasteiger partial charge is 0.333 e. The topological polar surface area (TPSA) is 55.2 Å². The van der Waals surface area contributed by atoms with Gasteiger partial charge in [-0.05, 0) is 50.1 Å². The minimum absolute atomic E-state index is 0.0120. The quantitative estimate of drug-likeness (QED) is 0.513. The molecule has 2 aromatic carbocycles. The summed E-state index contributed by atoms with van der Waals surface area (Å²) in [6.45, 7) is 6.31. The van der Waals surface area contributed by atoms with Crippen LogP contribution in [0.25, 0.3) is 16.6 Å². The first kappa shape index (κ1) is 22.0. The van der Waals surface area contributed by atoms with Gasteiger partial charge in [0.2, 0.25) is 5.91 Å². The van der Waals surface area contributed by atoms with Crippen LogP contribution < -0.4 is 5.56 Å². The number of amides is 1. The smallest absolute Gasteiger partial charge is 0.266 e. The second-order valence-corrected chi connectivity index (χ2v) is 7.49. The van der Waals surface area contributed by atoms with Crippen molar-refractivity contribution >= 4 is 28.4 Å². The molecule has 158 valence electrons. The molecule has 1 atom stereocenters. The summed E-state index contributed by atoms with van der Waals surface area (Å²) < 4.78 is 15.2. The van der Waals surface area contributed by atoms with Crippen molar-refractivity contribution in [3.05, 3.63) is 69.5 Å². The van der Waals surface area contributed by atoms with Crippen LogP contribution in [0.3, 0.4) is 0 Å². The Morgan fingerprint density at radius 3 is 2.57 bits per heavy atom. The molecule has 1 unspecified atom stereocenters. The van der Waals surface area contributed by atoms with Gasteiger partial charge in [0.05, 0.1) is 27.7 Å². The highest BCUT2D eigenvalue weighted by molar-refractivity contribution is 6.30. The van der Waals surface area contributed by atoms with E-state index < -0.39 is 11.9 Å². The van der Waals surface area contributed by atoms with Gasteiger partial charge in [0, 0.05) is 13.0 Å². The number of hydrogen-bond donors (Lipinski definition) is 0. The maximum atomic E-state index is 13.8. The van der Waals surface area contributed by atoms with E-state index in [1.807, 2.05) is 26.8 Å². The van der Waals surface area contributed by atoms with E-state index in [-0.39, 0.29) is 16.5 Å². The molecule has 0 saturated heterocycles. The van der Waals surface area contributed by atoms with Crippen LogP contribution in [0.5, 0.6) is 0 Å². The number of hydrogen-bond acceptors (Lipinski definition) is 3. The molecule has 0 saturated carbocycles. The zero-order chi connectivity index (χ0) is 21.8. The lowest BCUT2D eigenvalue weighted by Gasteiger charge is -2.31. The van der Waals surface area contributed by atoms with Crippen LogP contribution in [-0.2, 0) is 4.79 Å². The Morgan fingerprint density at radius 1 is 1.20 bits per heavy atom. The van der Waals surface area contributed by atoms with E-state index in [4.69, 9.17) is 16.6 Å². The molecule has 0 N–H and O–H groups in total. The normalized spacial score (nSPS) is 12.2. The maximum Gasteiger partial charge on any atom is 0.266 e. The molecule has 1 aromatic heterocycles. The molecule has 7 heteroatoms. The molecule has 30 heavy (non-hydrogen) atoms. The van der Waals surface area contributed by atoms with Crippen LogP contribution >= 0.6 is 11.6 Å². The fourth-order valence-electron chi connectivity index (χ4n) is 3.72. The molecular formula is C23H25ClFN3O2. The van der Waals surface area contributed by atoms with Gasteiger partial charge in [-0.25, -0.2) is 9.37 Å². The van der Waals surface area contributed by atoms with Crippen molar-refractivity contribution in [3.8, 4) is 5.69 Å². The van der Waals surface area contributed by atoms with E-state index >= 15 is 0 Å². The molecular weight excluding hydrogens is 405 g/mol. The molecule has 0 radical (unpaired) electrons. The molecule has 1 amide bonds. The van der Waals surface area contributed by atoms with Gasteiger partial charge in [-0.1, -0.05) is 37.6 Å². The van der Waals surface area contributed by atoms with Crippen LogP contribution in [-0.4, -0.2) is 26.9 Å². The van der Waals surface area contributed by atoms with Crippen LogP contribution in [0.2, 0.25) is 5.02 Å². The fourth-order valence-corrected chi connectivity index (χ4v) is 3.89. The summed E-state index contributed by atoms with van der Waals surface area (Å²) in [7, 11) is 0. The zero-order valence-corrected chi connectivity index (χ0v) is 18.1. The second-order valence-electron chi connectivity index (χ2n) is 7.08. The third-order valence-corrected chi connectivity index (χ3v) is 5.44. The Kier molecular flexibility index (Phi) is 6.87. The number of carbonyl (C=O) groups is 1. The molecule has 0 aliphatic heterocycles. The van der Waals surface area contributed by atoms with E-state index in [2.05, 4.69) is 0 Å². The number of halogens is 2. The van der Waals surface area contributed by atoms with Crippen LogP contribution in [0.1, 0.15) is 51.9 Å². The first-order valence-corrected chi connectivity index (χ1v) is 10.6. The van der Waals surface area contributed by atoms with Crippen molar-refractivity contribution in [1.82, 2.24) is 14.5 Å². The minimum Gasteiger partial charge on any atom is -0.333 e. The van der Waals surface area contributed by atoms with Crippen molar-refractivity contribution in [2.75, 3.05) is 6.54 Å². The Balaban J connectivity index is 2.32. The third-order valence-electron chi connectivity index (χ3n) is 5.15. The SMILES string of the molecule is CCCC(=O)N(CC)C(CC)c1nc2ccccc2c(=O)n1-c1ccc(F)c(Cl)c1. The van der Waals surface area contributed by atoms with E-state index in [9.17, 15) is 14.0 Å². The molecule has 0 bridgehead atoms. The number of carbonyl (C=O) groups excluding carboxylic acids is 1. The number of benzene rings is 2. The Bertz CT molecular complexity index is 1130. The molecule has 3 rings (SSSR count). The average molecular weight is 430 g/mol. The van der Waals surface area contributed by atoms with E-state index in [1.54, 1.807) is 23.1 Å². The van der Waals surface area contributed by atoms with Crippen molar-refractivity contribution < 1.29 is 9.18 Å². The van der Waals surface area contributed by atoms with Gasteiger partial charge in [0.1, 0.15) is 11.6 Å². The highest BCUT2D eigenvalue weighted by atomic mass is 35.5. The van der Waals surface area contributed by atoms with Gasteiger partial charge >= 0.3 is 0 Å². The van der Waals surface area contributed by atoms with Crippen LogP contribution in [0, 0.1) is 5.82 Å². The predicted octanol–water partition coefficient (Wildman–Crippen LogP) is 5.28. The predicted molar refractivity (Wildman–Crippen MR) is 118 cm³/mol. The van der Waals surface area contributed by atoms with Crippen molar-refractivity contribution in [1.29, 1.82) is 0 Å². The zero-order valence-electron chi connectivity index (χ0n) is 17.4. The molecule has 0 spiro atoms. The van der Waals surface area contributed by atoms with Gasteiger partial charge in [-0.2, -0.15) is 0 Å². The second kappa shape index (κ2) is 9.39. The number of rotatable bonds is 7. The van der Waals surface area contributed by atoms with E-state index in [0.29, 0.717) is 41.8 Å². The first-order valence-electron chi connectivity index (χ1n) is 10.2. The standard InChI is InChI=1S/C23H25ClFN3O2/c1-4-9-21(29)27(6-3)20(5-2)22-26-19-11-8-7-10-16(19)23(30)28(22)15-12-13-18(25)17(24)14-15/h7-8,10-14,20H,4-6,9H2,1-3H3. The van der Waals surface area contributed by atoms with Gasteiger partial charge in [0.15, 0.2) is 0 Å². The minimum atomic E-state index is -0.566. The van der Waals surface area contributed by atoms with Crippen molar-refractivity contribution in [3.63, 3.8) is 0 Å². The molecule has 0 fully saturated rings. The van der Waals surface area contributed by atoms with Crippen LogP contribution in [0.4, 0.5) is 4.39 Å². The van der Waals surface area contributed by atoms with Gasteiger partial charge < -0.3 is 4.90 Å². The average Bonchev–Trinajstić information content (AvgIpc) is 2.74. The van der Waals surface area contributed by atoms with Crippen LogP contribution in [0.15, 0.2) is 47.3 Å². The van der Waals surface area contributed by atoms with E-state index in [1.165, 1.54) is 22.8 Å². The summed E-state index contributed by atoms with van der Waals surface area (Å²) in [6.07, 6.45) is 1.73. The maximum absolute atomic E-state index is 13.8. The molecule has 1 heterocycles. The lowest BCUT2D eigenvalue weighted by molar-refractivity contribution is -0.133. The van der Waals surface area contributed by atoms with E-state index in [0.717, 1.165) is 6.42 Å². The van der Waals surface area contributed by atoms with Crippen molar-refractivity contribution in [2.45, 2.75) is 46.1 Å². The number of para-hydroxylation sites is 1. The summed E-state index contributed by atoms with van der Waals surface area (Å²) in [5.41, 5.74) is 0.687. The summed E-state index contributed by atoms with van der Waals surface area (Å²) >= 11 is 6.01. The molecule has 3 aromatic rings. The molecule has 0 aliphatic rings. The summed E-state index contributed by atoms with van der Waals surface area (Å²) in [5, 5.41) is 0.362. The molecule has 5 nitrogen and oxygen atoms in total. The fraction of sp³-hybridized carbons (Fsp3) is 0.348. The highest BCUT2D eigenvalue weighted by Crippen LogP contribution is 2.28. The van der Waals surface area contributed by atoms with Gasteiger partial charge in [-0.3, -0.25) is 14.2 Å². The number of fused-ring (bicyclic) bond motifs is 1. The number of aromatic nitrogens is 2. The summed E-state index contributed by atoms with van der Waals surface area (Å²) in [4.78, 5) is 32.8. The third kappa shape index (κ3) is 4.10. The Hall–Kier alpha value is -2.73.